The summed E-state index contributed by atoms with van der Waals surface area (Å²) < 4.78 is 0. The van der Waals surface area contributed by atoms with Gasteiger partial charge in [0.05, 0.1) is 5.57 Å². The molecule has 0 heterocycles. The molecule has 116 valence electrons. The van der Waals surface area contributed by atoms with Crippen molar-refractivity contribution in [3.05, 3.63) is 35.5 Å². The van der Waals surface area contributed by atoms with Crippen LogP contribution in [0.4, 0.5) is 0 Å². The van der Waals surface area contributed by atoms with Crippen LogP contribution in [0.3, 0.4) is 0 Å². The number of carbonyl (C=O) groups is 3. The van der Waals surface area contributed by atoms with Crippen molar-refractivity contribution in [2.24, 2.45) is 5.92 Å². The second-order valence-corrected chi connectivity index (χ2v) is 4.57. The van der Waals surface area contributed by atoms with Crippen molar-refractivity contribution >= 4 is 17.9 Å². The zero-order valence-electron chi connectivity index (χ0n) is 12.1. The third-order valence-electron chi connectivity index (χ3n) is 3.09. The SMILES string of the molecule is C=C(C(=O)O)C(C)C(CCCC)=C(C=CC(=O)O)C(=O)O. The van der Waals surface area contributed by atoms with Crippen LogP contribution in [0.1, 0.15) is 33.1 Å². The quantitative estimate of drug-likeness (QED) is 0.445. The highest BCUT2D eigenvalue weighted by molar-refractivity contribution is 5.94. The van der Waals surface area contributed by atoms with Gasteiger partial charge in [-0.05, 0) is 24.5 Å². The maximum atomic E-state index is 11.3. The number of hydrogen-bond acceptors (Lipinski definition) is 3. The molecule has 1 atom stereocenters. The second-order valence-electron chi connectivity index (χ2n) is 4.57. The van der Waals surface area contributed by atoms with Gasteiger partial charge >= 0.3 is 17.9 Å². The Morgan fingerprint density at radius 3 is 2.05 bits per heavy atom. The zero-order chi connectivity index (χ0) is 16.6. The first-order chi connectivity index (χ1) is 9.72. The fraction of sp³-hybridized carbons (Fsp3) is 0.400. The summed E-state index contributed by atoms with van der Waals surface area (Å²) in [5.74, 6) is -4.45. The molecule has 0 aliphatic carbocycles. The van der Waals surface area contributed by atoms with Crippen molar-refractivity contribution in [1.29, 1.82) is 0 Å². The van der Waals surface area contributed by atoms with Crippen LogP contribution in [0.15, 0.2) is 35.5 Å². The summed E-state index contributed by atoms with van der Waals surface area (Å²) in [4.78, 5) is 32.9. The normalized spacial score (nSPS) is 13.6. The van der Waals surface area contributed by atoms with Gasteiger partial charge in [0.1, 0.15) is 0 Å². The smallest absolute Gasteiger partial charge is 0.335 e. The Balaban J connectivity index is 5.83. The summed E-state index contributed by atoms with van der Waals surface area (Å²) in [5, 5.41) is 26.9. The molecule has 0 aromatic carbocycles. The number of aliphatic carboxylic acids is 3. The summed E-state index contributed by atoms with van der Waals surface area (Å²) >= 11 is 0. The molecule has 0 bridgehead atoms. The summed E-state index contributed by atoms with van der Waals surface area (Å²) in [6.45, 7) is 6.93. The minimum absolute atomic E-state index is 0.122. The highest BCUT2D eigenvalue weighted by Gasteiger charge is 2.22. The Morgan fingerprint density at radius 2 is 1.67 bits per heavy atom. The van der Waals surface area contributed by atoms with Crippen LogP contribution in [0.5, 0.6) is 0 Å². The van der Waals surface area contributed by atoms with Gasteiger partial charge in [-0.2, -0.15) is 0 Å². The van der Waals surface area contributed by atoms with Crippen molar-refractivity contribution < 1.29 is 29.7 Å². The van der Waals surface area contributed by atoms with E-state index >= 15 is 0 Å². The Hall–Kier alpha value is -2.37. The lowest BCUT2D eigenvalue weighted by Crippen LogP contribution is -2.15. The summed E-state index contributed by atoms with van der Waals surface area (Å²) in [6.07, 6.45) is 3.55. The second kappa shape index (κ2) is 8.73. The molecule has 0 amide bonds. The number of hydrogen-bond donors (Lipinski definition) is 3. The molecule has 0 aromatic rings. The van der Waals surface area contributed by atoms with E-state index in [4.69, 9.17) is 10.2 Å². The molecule has 0 fully saturated rings. The van der Waals surface area contributed by atoms with Crippen LogP contribution in [0, 0.1) is 5.92 Å². The van der Waals surface area contributed by atoms with Gasteiger partial charge in [-0.3, -0.25) is 0 Å². The van der Waals surface area contributed by atoms with Crippen molar-refractivity contribution in [2.45, 2.75) is 33.1 Å². The average molecular weight is 296 g/mol. The number of carboxylic acids is 3. The predicted molar refractivity (Wildman–Crippen MR) is 76.9 cm³/mol. The van der Waals surface area contributed by atoms with Gasteiger partial charge in [-0.15, -0.1) is 0 Å². The summed E-state index contributed by atoms with van der Waals surface area (Å²) in [7, 11) is 0. The lowest BCUT2D eigenvalue weighted by atomic mass is 9.86. The Bertz CT molecular complexity index is 498. The van der Waals surface area contributed by atoms with Crippen LogP contribution >= 0.6 is 0 Å². The predicted octanol–water partition coefficient (Wildman–Crippen LogP) is 2.48. The third-order valence-corrected chi connectivity index (χ3v) is 3.09. The highest BCUT2D eigenvalue weighted by atomic mass is 16.4. The molecule has 21 heavy (non-hydrogen) atoms. The molecular weight excluding hydrogens is 276 g/mol. The van der Waals surface area contributed by atoms with E-state index in [1.807, 2.05) is 6.92 Å². The standard InChI is InChI=1S/C15H20O6/c1-4-5-6-11(9(2)10(3)14(18)19)12(15(20)21)7-8-13(16)17/h7-9H,3-6H2,1-2H3,(H,16,17)(H,18,19)(H,20,21). The maximum Gasteiger partial charge on any atom is 0.335 e. The molecule has 6 heteroatoms. The Morgan fingerprint density at radius 1 is 1.10 bits per heavy atom. The van der Waals surface area contributed by atoms with E-state index in [-0.39, 0.29) is 11.1 Å². The zero-order valence-corrected chi connectivity index (χ0v) is 12.1. The summed E-state index contributed by atoms with van der Waals surface area (Å²) in [6, 6.07) is 0. The van der Waals surface area contributed by atoms with Gasteiger partial charge in [0.2, 0.25) is 0 Å². The Kier molecular flexibility index (Phi) is 7.75. The average Bonchev–Trinajstić information content (AvgIpc) is 2.39. The van der Waals surface area contributed by atoms with Gasteiger partial charge < -0.3 is 15.3 Å². The minimum Gasteiger partial charge on any atom is -0.478 e. The van der Waals surface area contributed by atoms with Gasteiger partial charge in [0.15, 0.2) is 0 Å². The monoisotopic (exact) mass is 296 g/mol. The number of carboxylic acid groups (broad SMARTS) is 3. The van der Waals surface area contributed by atoms with E-state index < -0.39 is 23.8 Å². The molecule has 3 N–H and O–H groups in total. The highest BCUT2D eigenvalue weighted by Crippen LogP contribution is 2.27. The lowest BCUT2D eigenvalue weighted by molar-refractivity contribution is -0.134. The van der Waals surface area contributed by atoms with E-state index in [2.05, 4.69) is 6.58 Å². The van der Waals surface area contributed by atoms with Crippen LogP contribution in [-0.4, -0.2) is 33.2 Å². The topological polar surface area (TPSA) is 112 Å². The fourth-order valence-corrected chi connectivity index (χ4v) is 1.82. The molecule has 0 radical (unpaired) electrons. The molecule has 0 spiro atoms. The maximum absolute atomic E-state index is 11.3. The molecular formula is C15H20O6. The van der Waals surface area contributed by atoms with Gasteiger partial charge in [0.25, 0.3) is 0 Å². The molecule has 1 unspecified atom stereocenters. The number of allylic oxidation sites excluding steroid dienone is 1. The van der Waals surface area contributed by atoms with Gasteiger partial charge in [-0.1, -0.05) is 26.8 Å². The van der Waals surface area contributed by atoms with E-state index in [9.17, 15) is 19.5 Å². The van der Waals surface area contributed by atoms with Crippen molar-refractivity contribution in [3.8, 4) is 0 Å². The molecule has 0 saturated carbocycles. The first kappa shape index (κ1) is 18.6. The molecule has 0 saturated heterocycles. The minimum atomic E-state index is -1.29. The summed E-state index contributed by atoms with van der Waals surface area (Å²) in [5.41, 5.74) is 0.0542. The van der Waals surface area contributed by atoms with Crippen LogP contribution in [0.25, 0.3) is 0 Å². The molecule has 6 nitrogen and oxygen atoms in total. The largest absolute Gasteiger partial charge is 0.478 e. The lowest BCUT2D eigenvalue weighted by Gasteiger charge is -2.18. The molecule has 0 aliphatic rings. The van der Waals surface area contributed by atoms with E-state index in [0.717, 1.165) is 18.6 Å². The van der Waals surface area contributed by atoms with Crippen molar-refractivity contribution in [2.75, 3.05) is 0 Å². The molecule has 0 aromatic heterocycles. The third kappa shape index (κ3) is 6.07. The number of rotatable bonds is 9. The van der Waals surface area contributed by atoms with Crippen LogP contribution in [-0.2, 0) is 14.4 Å². The van der Waals surface area contributed by atoms with Crippen LogP contribution in [0.2, 0.25) is 0 Å². The molecule has 0 rings (SSSR count). The first-order valence-electron chi connectivity index (χ1n) is 6.51. The Labute approximate surface area is 123 Å². The first-order valence-corrected chi connectivity index (χ1v) is 6.51. The van der Waals surface area contributed by atoms with E-state index in [1.165, 1.54) is 0 Å². The van der Waals surface area contributed by atoms with Gasteiger partial charge in [0, 0.05) is 17.6 Å². The van der Waals surface area contributed by atoms with Crippen LogP contribution < -0.4 is 0 Å². The fourth-order valence-electron chi connectivity index (χ4n) is 1.82. The van der Waals surface area contributed by atoms with Crippen molar-refractivity contribution in [3.63, 3.8) is 0 Å². The number of unbranched alkanes of at least 4 members (excludes halogenated alkanes) is 1. The van der Waals surface area contributed by atoms with Crippen molar-refractivity contribution in [1.82, 2.24) is 0 Å². The van der Waals surface area contributed by atoms with Gasteiger partial charge in [-0.25, -0.2) is 14.4 Å². The molecule has 0 aliphatic heterocycles. The van der Waals surface area contributed by atoms with E-state index in [1.54, 1.807) is 6.92 Å². The van der Waals surface area contributed by atoms with E-state index in [0.29, 0.717) is 18.4 Å².